The van der Waals surface area contributed by atoms with Crippen molar-refractivity contribution in [3.05, 3.63) is 53.9 Å². The number of hydrogen-bond acceptors (Lipinski definition) is 5. The third kappa shape index (κ3) is 3.30. The van der Waals surface area contributed by atoms with Gasteiger partial charge in [0.15, 0.2) is 0 Å². The number of pyridine rings is 1. The molecule has 2 atom stereocenters. The van der Waals surface area contributed by atoms with Crippen LogP contribution >= 0.6 is 0 Å². The standard InChI is InChI=1S/C22H28N2O3/c1-26-20-9-8-16(21(11-20)27-2)13-24-14-18-5-3-6-19(15-24)22(18,25)17-7-4-10-23-12-17/h4,7-12,18-19,25H,3,5-6,13-15H2,1-2H3/t18-,19-/m1/s1. The molecule has 0 spiro atoms. The molecule has 2 aliphatic rings. The van der Waals surface area contributed by atoms with Gasteiger partial charge in [-0.05, 0) is 25.0 Å². The third-order valence-electron chi connectivity index (χ3n) is 6.32. The minimum atomic E-state index is -0.757. The average molecular weight is 368 g/mol. The molecule has 27 heavy (non-hydrogen) atoms. The molecule has 1 aromatic heterocycles. The van der Waals surface area contributed by atoms with Gasteiger partial charge in [-0.15, -0.1) is 0 Å². The third-order valence-corrected chi connectivity index (χ3v) is 6.32. The number of fused-ring (bicyclic) bond motifs is 2. The monoisotopic (exact) mass is 368 g/mol. The topological polar surface area (TPSA) is 54.8 Å². The zero-order chi connectivity index (χ0) is 18.9. The second-order valence-electron chi connectivity index (χ2n) is 7.76. The normalized spacial score (nSPS) is 28.0. The van der Waals surface area contributed by atoms with Crippen molar-refractivity contribution in [3.63, 3.8) is 0 Å². The Morgan fingerprint density at radius 3 is 2.56 bits per heavy atom. The van der Waals surface area contributed by atoms with Crippen LogP contribution in [0.2, 0.25) is 0 Å². The Morgan fingerprint density at radius 2 is 1.93 bits per heavy atom. The Bertz CT molecular complexity index is 766. The van der Waals surface area contributed by atoms with E-state index in [9.17, 15) is 5.11 Å². The first-order chi connectivity index (χ1) is 13.1. The lowest BCUT2D eigenvalue weighted by atomic mass is 9.63. The molecule has 1 aromatic carbocycles. The maximum absolute atomic E-state index is 11.7. The summed E-state index contributed by atoms with van der Waals surface area (Å²) in [4.78, 5) is 6.72. The van der Waals surface area contributed by atoms with E-state index in [1.807, 2.05) is 30.5 Å². The quantitative estimate of drug-likeness (QED) is 0.878. The van der Waals surface area contributed by atoms with Crippen molar-refractivity contribution < 1.29 is 14.6 Å². The number of aromatic nitrogens is 1. The molecule has 0 unspecified atom stereocenters. The number of aliphatic hydroxyl groups is 1. The van der Waals surface area contributed by atoms with Gasteiger partial charge in [-0.2, -0.15) is 0 Å². The minimum Gasteiger partial charge on any atom is -0.497 e. The largest absolute Gasteiger partial charge is 0.497 e. The summed E-state index contributed by atoms with van der Waals surface area (Å²) in [6, 6.07) is 9.95. The molecule has 1 aliphatic carbocycles. The predicted octanol–water partition coefficient (Wildman–Crippen LogP) is 3.22. The Hall–Kier alpha value is -2.11. The van der Waals surface area contributed by atoms with Gasteiger partial charge in [-0.25, -0.2) is 0 Å². The molecule has 4 rings (SSSR count). The van der Waals surface area contributed by atoms with Crippen LogP contribution in [0.15, 0.2) is 42.7 Å². The molecular formula is C22H28N2O3. The maximum atomic E-state index is 11.7. The van der Waals surface area contributed by atoms with Crippen molar-refractivity contribution in [2.75, 3.05) is 27.3 Å². The molecule has 1 saturated carbocycles. The first-order valence-corrected chi connectivity index (χ1v) is 9.71. The molecule has 2 fully saturated rings. The van der Waals surface area contributed by atoms with Crippen molar-refractivity contribution in [1.29, 1.82) is 0 Å². The Balaban J connectivity index is 1.56. The highest BCUT2D eigenvalue weighted by Gasteiger charge is 2.51. The lowest BCUT2D eigenvalue weighted by molar-refractivity contribution is -0.148. The molecule has 2 bridgehead atoms. The summed E-state index contributed by atoms with van der Waals surface area (Å²) in [6.45, 7) is 2.59. The summed E-state index contributed by atoms with van der Waals surface area (Å²) in [7, 11) is 3.36. The number of methoxy groups -OCH3 is 2. The molecule has 1 N–H and O–H groups in total. The summed E-state index contributed by atoms with van der Waals surface area (Å²) in [5, 5.41) is 11.7. The molecule has 0 amide bonds. The highest BCUT2D eigenvalue weighted by Crippen LogP contribution is 2.49. The first kappa shape index (κ1) is 18.3. The van der Waals surface area contributed by atoms with E-state index in [1.165, 1.54) is 6.42 Å². The van der Waals surface area contributed by atoms with Gasteiger partial charge in [0.1, 0.15) is 11.5 Å². The molecule has 2 heterocycles. The van der Waals surface area contributed by atoms with E-state index in [0.717, 1.165) is 55.1 Å². The number of nitrogens with zero attached hydrogens (tertiary/aromatic N) is 2. The van der Waals surface area contributed by atoms with Crippen molar-refractivity contribution in [2.45, 2.75) is 31.4 Å². The fraction of sp³-hybridized carbons (Fsp3) is 0.500. The molecule has 1 saturated heterocycles. The summed E-state index contributed by atoms with van der Waals surface area (Å²) >= 11 is 0. The zero-order valence-corrected chi connectivity index (χ0v) is 16.1. The van der Waals surface area contributed by atoms with Gasteiger partial charge in [0.25, 0.3) is 0 Å². The molecule has 144 valence electrons. The summed E-state index contributed by atoms with van der Waals surface area (Å²) in [5.41, 5.74) is 1.37. The van der Waals surface area contributed by atoms with Gasteiger partial charge < -0.3 is 14.6 Å². The van der Waals surface area contributed by atoms with Crippen LogP contribution in [0, 0.1) is 11.8 Å². The van der Waals surface area contributed by atoms with Crippen LogP contribution in [0.4, 0.5) is 0 Å². The molecular weight excluding hydrogens is 340 g/mol. The number of rotatable bonds is 5. The van der Waals surface area contributed by atoms with Crippen LogP contribution in [-0.4, -0.2) is 42.3 Å². The van der Waals surface area contributed by atoms with E-state index in [2.05, 4.69) is 16.0 Å². The van der Waals surface area contributed by atoms with Crippen LogP contribution < -0.4 is 9.47 Å². The van der Waals surface area contributed by atoms with Crippen molar-refractivity contribution in [3.8, 4) is 11.5 Å². The van der Waals surface area contributed by atoms with Gasteiger partial charge in [0, 0.05) is 61.1 Å². The fourth-order valence-electron chi connectivity index (χ4n) is 4.97. The van der Waals surface area contributed by atoms with E-state index >= 15 is 0 Å². The summed E-state index contributed by atoms with van der Waals surface area (Å²) in [5.74, 6) is 2.13. The van der Waals surface area contributed by atoms with Gasteiger partial charge in [0.05, 0.1) is 19.8 Å². The molecule has 2 aromatic rings. The van der Waals surface area contributed by atoms with E-state index < -0.39 is 5.60 Å². The lowest BCUT2D eigenvalue weighted by Crippen LogP contribution is -2.57. The Morgan fingerprint density at radius 1 is 1.15 bits per heavy atom. The fourth-order valence-corrected chi connectivity index (χ4v) is 4.97. The van der Waals surface area contributed by atoms with Crippen LogP contribution in [-0.2, 0) is 12.1 Å². The smallest absolute Gasteiger partial charge is 0.127 e. The van der Waals surface area contributed by atoms with Gasteiger partial charge >= 0.3 is 0 Å². The second-order valence-corrected chi connectivity index (χ2v) is 7.76. The molecule has 5 nitrogen and oxygen atoms in total. The number of ether oxygens (including phenoxy) is 2. The Kier molecular flexibility index (Phi) is 5.06. The first-order valence-electron chi connectivity index (χ1n) is 9.71. The second kappa shape index (κ2) is 7.49. The highest BCUT2D eigenvalue weighted by molar-refractivity contribution is 5.40. The van der Waals surface area contributed by atoms with Gasteiger partial charge in [-0.1, -0.05) is 18.6 Å². The zero-order valence-electron chi connectivity index (χ0n) is 16.1. The summed E-state index contributed by atoms with van der Waals surface area (Å²) < 4.78 is 10.9. The van der Waals surface area contributed by atoms with Crippen LogP contribution in [0.25, 0.3) is 0 Å². The molecule has 1 aliphatic heterocycles. The van der Waals surface area contributed by atoms with Crippen LogP contribution in [0.1, 0.15) is 30.4 Å². The number of piperidine rings is 1. The van der Waals surface area contributed by atoms with E-state index in [-0.39, 0.29) is 11.8 Å². The van der Waals surface area contributed by atoms with E-state index in [0.29, 0.717) is 0 Å². The molecule has 5 heteroatoms. The van der Waals surface area contributed by atoms with Crippen molar-refractivity contribution >= 4 is 0 Å². The van der Waals surface area contributed by atoms with E-state index in [1.54, 1.807) is 20.4 Å². The van der Waals surface area contributed by atoms with E-state index in [4.69, 9.17) is 9.47 Å². The Labute approximate surface area is 160 Å². The molecule has 0 radical (unpaired) electrons. The number of hydrogen-bond donors (Lipinski definition) is 1. The van der Waals surface area contributed by atoms with Crippen molar-refractivity contribution in [1.82, 2.24) is 9.88 Å². The number of likely N-dealkylation sites (tertiary alicyclic amines) is 1. The van der Waals surface area contributed by atoms with Crippen molar-refractivity contribution in [2.24, 2.45) is 11.8 Å². The van der Waals surface area contributed by atoms with Crippen LogP contribution in [0.3, 0.4) is 0 Å². The summed E-state index contributed by atoms with van der Waals surface area (Å²) in [6.07, 6.45) is 6.91. The minimum absolute atomic E-state index is 0.235. The maximum Gasteiger partial charge on any atom is 0.127 e. The predicted molar refractivity (Wildman–Crippen MR) is 104 cm³/mol. The lowest BCUT2D eigenvalue weighted by Gasteiger charge is -2.53. The highest BCUT2D eigenvalue weighted by atomic mass is 16.5. The van der Waals surface area contributed by atoms with Gasteiger partial charge in [0.2, 0.25) is 0 Å². The SMILES string of the molecule is COc1ccc(CN2C[C@H]3CCC[C@H](C2)C3(O)c2cccnc2)c(OC)c1. The van der Waals surface area contributed by atoms with Crippen LogP contribution in [0.5, 0.6) is 11.5 Å². The number of benzene rings is 1. The van der Waals surface area contributed by atoms with Gasteiger partial charge in [-0.3, -0.25) is 9.88 Å². The average Bonchev–Trinajstić information content (AvgIpc) is 2.69.